The number of carbonyl (C=O) groups is 1. The molecule has 3 rings (SSSR count). The lowest BCUT2D eigenvalue weighted by atomic mass is 9.95. The minimum Gasteiger partial charge on any atom is -0.508 e. The van der Waals surface area contributed by atoms with E-state index in [0.717, 1.165) is 57.5 Å². The predicted octanol–water partition coefficient (Wildman–Crippen LogP) is 5.04. The smallest absolute Gasteiger partial charge is 0.416 e. The van der Waals surface area contributed by atoms with E-state index in [1.54, 1.807) is 4.90 Å². The highest BCUT2D eigenvalue weighted by molar-refractivity contribution is 5.76. The van der Waals surface area contributed by atoms with Crippen molar-refractivity contribution in [2.45, 2.75) is 90.0 Å². The number of alkyl halides is 3. The molecule has 0 spiro atoms. The van der Waals surface area contributed by atoms with E-state index in [0.29, 0.717) is 48.9 Å². The molecule has 2 aliphatic rings. The molecule has 0 saturated carbocycles. The van der Waals surface area contributed by atoms with E-state index in [2.05, 4.69) is 19.2 Å². The van der Waals surface area contributed by atoms with Crippen molar-refractivity contribution in [2.75, 3.05) is 19.8 Å². The molecule has 2 heterocycles. The zero-order valence-electron chi connectivity index (χ0n) is 19.7. The van der Waals surface area contributed by atoms with E-state index in [4.69, 9.17) is 4.74 Å². The van der Waals surface area contributed by atoms with Gasteiger partial charge in [-0.15, -0.1) is 0 Å². The SMILES string of the molecule is CC(C)CCC[C@H](CCC(=O)N1CCc2c(O)cc(C(F)(F)F)cc2C1)NC1CCOCC1. The van der Waals surface area contributed by atoms with Crippen LogP contribution in [0.25, 0.3) is 0 Å². The minimum atomic E-state index is -4.53. The van der Waals surface area contributed by atoms with Crippen molar-refractivity contribution >= 4 is 5.91 Å². The normalized spacial score (nSPS) is 18.4. The second-order valence-electron chi connectivity index (χ2n) is 9.81. The van der Waals surface area contributed by atoms with Crippen LogP contribution in [0, 0.1) is 5.92 Å². The van der Waals surface area contributed by atoms with Gasteiger partial charge >= 0.3 is 6.18 Å². The van der Waals surface area contributed by atoms with E-state index < -0.39 is 11.7 Å². The molecule has 186 valence electrons. The maximum atomic E-state index is 13.1. The van der Waals surface area contributed by atoms with Gasteiger partial charge in [-0.2, -0.15) is 13.2 Å². The van der Waals surface area contributed by atoms with Crippen LogP contribution in [0.2, 0.25) is 0 Å². The Labute approximate surface area is 194 Å². The average molecular weight is 471 g/mol. The fourth-order valence-electron chi connectivity index (χ4n) is 4.79. The molecule has 2 aliphatic heterocycles. The highest BCUT2D eigenvalue weighted by atomic mass is 19.4. The van der Waals surface area contributed by atoms with Crippen LogP contribution in [0.15, 0.2) is 12.1 Å². The quantitative estimate of drug-likeness (QED) is 0.531. The summed E-state index contributed by atoms with van der Waals surface area (Å²) in [6, 6.07) is 2.49. The van der Waals surface area contributed by atoms with Crippen LogP contribution in [-0.2, 0) is 28.7 Å². The Morgan fingerprint density at radius 2 is 1.94 bits per heavy atom. The van der Waals surface area contributed by atoms with Crippen LogP contribution in [-0.4, -0.2) is 47.8 Å². The molecule has 1 saturated heterocycles. The van der Waals surface area contributed by atoms with E-state index in [9.17, 15) is 23.1 Å². The van der Waals surface area contributed by atoms with Gasteiger partial charge in [-0.25, -0.2) is 0 Å². The van der Waals surface area contributed by atoms with Gasteiger partial charge in [0, 0.05) is 50.4 Å². The van der Waals surface area contributed by atoms with E-state index in [1.165, 1.54) is 0 Å². The first-order valence-corrected chi connectivity index (χ1v) is 12.2. The molecule has 0 radical (unpaired) electrons. The summed E-state index contributed by atoms with van der Waals surface area (Å²) in [5.74, 6) is 0.264. The van der Waals surface area contributed by atoms with Crippen molar-refractivity contribution < 1.29 is 27.8 Å². The number of phenols is 1. The first kappa shape index (κ1) is 25.8. The number of nitrogens with zero attached hydrogens (tertiary/aromatic N) is 1. The average Bonchev–Trinajstić information content (AvgIpc) is 2.76. The van der Waals surface area contributed by atoms with Gasteiger partial charge in [0.1, 0.15) is 5.75 Å². The van der Waals surface area contributed by atoms with Gasteiger partial charge in [0.2, 0.25) is 5.91 Å². The number of amides is 1. The fraction of sp³-hybridized carbons (Fsp3) is 0.720. The number of benzene rings is 1. The Hall–Kier alpha value is -1.80. The Kier molecular flexibility index (Phi) is 9.04. The number of halogens is 3. The van der Waals surface area contributed by atoms with Crippen LogP contribution < -0.4 is 5.32 Å². The number of fused-ring (bicyclic) bond motifs is 1. The number of ether oxygens (including phenoxy) is 1. The van der Waals surface area contributed by atoms with Crippen molar-refractivity contribution in [1.29, 1.82) is 0 Å². The molecule has 8 heteroatoms. The maximum Gasteiger partial charge on any atom is 0.416 e. The van der Waals surface area contributed by atoms with E-state index in [1.807, 2.05) is 0 Å². The van der Waals surface area contributed by atoms with Crippen molar-refractivity contribution in [3.05, 3.63) is 28.8 Å². The van der Waals surface area contributed by atoms with E-state index >= 15 is 0 Å². The minimum absolute atomic E-state index is 0.0415. The Morgan fingerprint density at radius 3 is 2.61 bits per heavy atom. The summed E-state index contributed by atoms with van der Waals surface area (Å²) >= 11 is 0. The summed E-state index contributed by atoms with van der Waals surface area (Å²) < 4.78 is 44.9. The Morgan fingerprint density at radius 1 is 1.21 bits per heavy atom. The molecule has 5 nitrogen and oxygen atoms in total. The summed E-state index contributed by atoms with van der Waals surface area (Å²) in [5, 5.41) is 13.8. The lowest BCUT2D eigenvalue weighted by molar-refractivity contribution is -0.137. The van der Waals surface area contributed by atoms with Crippen LogP contribution in [0.3, 0.4) is 0 Å². The van der Waals surface area contributed by atoms with Gasteiger partial charge in [0.25, 0.3) is 0 Å². The zero-order valence-corrected chi connectivity index (χ0v) is 19.7. The third kappa shape index (κ3) is 7.60. The molecule has 1 fully saturated rings. The molecular formula is C25H37F3N2O3. The van der Waals surface area contributed by atoms with Gasteiger partial charge in [0.15, 0.2) is 0 Å². The van der Waals surface area contributed by atoms with Crippen molar-refractivity contribution in [1.82, 2.24) is 10.2 Å². The summed E-state index contributed by atoms with van der Waals surface area (Å²) in [6.45, 7) is 6.46. The van der Waals surface area contributed by atoms with Gasteiger partial charge in [0.05, 0.1) is 5.56 Å². The monoisotopic (exact) mass is 470 g/mol. The van der Waals surface area contributed by atoms with Crippen LogP contribution in [0.4, 0.5) is 13.2 Å². The molecule has 0 aliphatic carbocycles. The van der Waals surface area contributed by atoms with Crippen molar-refractivity contribution in [3.8, 4) is 5.75 Å². The Bertz CT molecular complexity index is 792. The predicted molar refractivity (Wildman–Crippen MR) is 121 cm³/mol. The maximum absolute atomic E-state index is 13.1. The highest BCUT2D eigenvalue weighted by Gasteiger charge is 2.34. The van der Waals surface area contributed by atoms with Crippen molar-refractivity contribution in [2.24, 2.45) is 5.92 Å². The summed E-state index contributed by atoms with van der Waals surface area (Å²) in [6.07, 6.45) is 2.12. The number of hydrogen-bond acceptors (Lipinski definition) is 4. The number of phenolic OH excluding ortho intramolecular Hbond substituents is 1. The second kappa shape index (κ2) is 11.6. The molecule has 2 N–H and O–H groups in total. The molecule has 1 atom stereocenters. The zero-order chi connectivity index (χ0) is 24.0. The summed E-state index contributed by atoms with van der Waals surface area (Å²) in [5.41, 5.74) is 0.0227. The molecule has 1 amide bonds. The third-order valence-corrected chi connectivity index (χ3v) is 6.73. The molecular weight excluding hydrogens is 433 g/mol. The molecule has 1 aromatic carbocycles. The molecule has 0 unspecified atom stereocenters. The lowest BCUT2D eigenvalue weighted by Crippen LogP contribution is -2.43. The van der Waals surface area contributed by atoms with Crippen LogP contribution in [0.1, 0.15) is 75.5 Å². The van der Waals surface area contributed by atoms with Gasteiger partial charge in [-0.1, -0.05) is 26.7 Å². The Balaban J connectivity index is 1.58. The third-order valence-electron chi connectivity index (χ3n) is 6.73. The molecule has 0 aromatic heterocycles. The first-order valence-electron chi connectivity index (χ1n) is 12.2. The number of rotatable bonds is 9. The molecule has 1 aromatic rings. The van der Waals surface area contributed by atoms with E-state index in [-0.39, 0.29) is 24.2 Å². The van der Waals surface area contributed by atoms with Crippen molar-refractivity contribution in [3.63, 3.8) is 0 Å². The van der Waals surface area contributed by atoms with Crippen LogP contribution >= 0.6 is 0 Å². The number of aromatic hydroxyl groups is 1. The number of hydrogen-bond donors (Lipinski definition) is 2. The van der Waals surface area contributed by atoms with Gasteiger partial charge in [-0.3, -0.25) is 4.79 Å². The topological polar surface area (TPSA) is 61.8 Å². The summed E-state index contributed by atoms with van der Waals surface area (Å²) in [7, 11) is 0. The standard InChI is InChI=1S/C25H37F3N2O3/c1-17(2)4-3-5-20(29-21-9-12-33-13-10-21)6-7-24(32)30-11-8-22-18(16-30)14-19(15-23(22)31)25(26,27)28/h14-15,17,20-21,29,31H,3-13,16H2,1-2H3/t20-/m1/s1. The fourth-order valence-corrected chi connectivity index (χ4v) is 4.79. The molecule has 0 bridgehead atoms. The lowest BCUT2D eigenvalue weighted by Gasteiger charge is -2.32. The highest BCUT2D eigenvalue weighted by Crippen LogP contribution is 2.36. The number of carbonyl (C=O) groups excluding carboxylic acids is 1. The second-order valence-corrected chi connectivity index (χ2v) is 9.81. The van der Waals surface area contributed by atoms with Crippen LogP contribution in [0.5, 0.6) is 5.75 Å². The molecule has 33 heavy (non-hydrogen) atoms. The number of nitrogens with one attached hydrogen (secondary N) is 1. The van der Waals surface area contributed by atoms with Gasteiger partial charge in [-0.05, 0) is 55.7 Å². The first-order chi connectivity index (χ1) is 15.6. The largest absolute Gasteiger partial charge is 0.508 e. The van der Waals surface area contributed by atoms with Gasteiger partial charge < -0.3 is 20.1 Å². The summed E-state index contributed by atoms with van der Waals surface area (Å²) in [4.78, 5) is 14.6.